The summed E-state index contributed by atoms with van der Waals surface area (Å²) >= 11 is 0. The van der Waals surface area contributed by atoms with E-state index in [1.807, 2.05) is 0 Å². The minimum Gasteiger partial charge on any atom is -0.344 e. The predicted octanol–water partition coefficient (Wildman–Crippen LogP) is 0.141. The van der Waals surface area contributed by atoms with Gasteiger partial charge in [-0.3, -0.25) is 0 Å². The highest BCUT2D eigenvalue weighted by molar-refractivity contribution is 7.45. The van der Waals surface area contributed by atoms with Gasteiger partial charge in [0.05, 0.1) is 0 Å². The van der Waals surface area contributed by atoms with Gasteiger partial charge in [0.15, 0.2) is 0 Å². The Balaban J connectivity index is -0.00000000800. The van der Waals surface area contributed by atoms with E-state index in [1.54, 1.807) is 0 Å². The molecule has 72 valence electrons. The van der Waals surface area contributed by atoms with Crippen LogP contribution in [-0.4, -0.2) is 14.7 Å². The van der Waals surface area contributed by atoms with Crippen LogP contribution < -0.4 is 24.6 Å². The standard InChI is InChI=1S/ClH.4H3N.H3O4P/c;;;;;1-5(2,3)4/h1H;4*1H3;(H3,1,2,3,4). The number of phosphoric acid groups is 1. The highest BCUT2D eigenvalue weighted by atomic mass is 35.5. The van der Waals surface area contributed by atoms with Gasteiger partial charge < -0.3 is 39.3 Å². The third-order valence-corrected chi connectivity index (χ3v) is 0. The Morgan fingerprint density at radius 3 is 0.800 bits per heavy atom. The van der Waals surface area contributed by atoms with Crippen LogP contribution in [0.2, 0.25) is 0 Å². The monoisotopic (exact) mass is 202 g/mol. The van der Waals surface area contributed by atoms with Gasteiger partial charge in [-0.05, 0) is 0 Å². The summed E-state index contributed by atoms with van der Waals surface area (Å²) in [6, 6.07) is 0. The quantitative estimate of drug-likeness (QED) is 0.267. The molecule has 0 radical (unpaired) electrons. The van der Waals surface area contributed by atoms with Crippen LogP contribution in [0.1, 0.15) is 0 Å². The molecule has 0 saturated carbocycles. The smallest absolute Gasteiger partial charge is 0.344 e. The predicted molar refractivity (Wildman–Crippen MR) is 41.6 cm³/mol. The van der Waals surface area contributed by atoms with Crippen LogP contribution in [0, 0.1) is 0 Å². The highest BCUT2D eigenvalue weighted by Crippen LogP contribution is 2.25. The Morgan fingerprint density at radius 1 is 0.800 bits per heavy atom. The van der Waals surface area contributed by atoms with E-state index in [4.69, 9.17) is 19.2 Å². The van der Waals surface area contributed by atoms with Gasteiger partial charge in [-0.1, -0.05) is 0 Å². The topological polar surface area (TPSA) is 218 Å². The molecule has 0 aliphatic heterocycles. The van der Waals surface area contributed by atoms with Crippen molar-refractivity contribution in [1.29, 1.82) is 0 Å². The lowest BCUT2D eigenvalue weighted by atomic mass is 14.0. The summed E-state index contributed by atoms with van der Waals surface area (Å²) in [6.07, 6.45) is 0. The van der Waals surface area contributed by atoms with Crippen LogP contribution in [0.5, 0.6) is 0 Å². The number of hydrogen-bond acceptors (Lipinski definition) is 5. The van der Waals surface area contributed by atoms with Gasteiger partial charge in [0.2, 0.25) is 0 Å². The zero-order valence-electron chi connectivity index (χ0n) is 5.43. The SMILES string of the molecule is Cl.N.N.N.N.O=P(O)(O)O. The fraction of sp³-hybridized carbons (Fsp3) is 0. The van der Waals surface area contributed by atoms with Gasteiger partial charge in [0.1, 0.15) is 0 Å². The molecule has 0 aliphatic carbocycles. The molecule has 8 nitrogen and oxygen atoms in total. The second kappa shape index (κ2) is 16.1. The van der Waals surface area contributed by atoms with Gasteiger partial charge in [-0.25, -0.2) is 4.57 Å². The fourth-order valence-corrected chi connectivity index (χ4v) is 0. The first-order valence-electron chi connectivity index (χ1n) is 0.783. The second-order valence-corrected chi connectivity index (χ2v) is 1.54. The van der Waals surface area contributed by atoms with Crippen LogP contribution in [0.15, 0.2) is 0 Å². The Bertz CT molecular complexity index is 63.4. The Hall–Kier alpha value is 0.240. The normalized spacial score (nSPS) is 5.90. The van der Waals surface area contributed by atoms with Crippen LogP contribution in [-0.2, 0) is 4.57 Å². The minimum absolute atomic E-state index is 0. The lowest BCUT2D eigenvalue weighted by molar-refractivity contribution is 0.275. The molecule has 0 aromatic heterocycles. The van der Waals surface area contributed by atoms with Crippen LogP contribution in [0.25, 0.3) is 0 Å². The Kier molecular flexibility index (Phi) is 78.4. The maximum atomic E-state index is 8.88. The molecule has 0 heterocycles. The summed E-state index contributed by atoms with van der Waals surface area (Å²) in [5.74, 6) is 0. The molecule has 0 rings (SSSR count). The van der Waals surface area contributed by atoms with Crippen LogP contribution in [0.3, 0.4) is 0 Å². The lowest BCUT2D eigenvalue weighted by Crippen LogP contribution is -1.66. The molecule has 0 aromatic rings. The first-order valence-corrected chi connectivity index (χ1v) is 2.35. The van der Waals surface area contributed by atoms with E-state index in [-0.39, 0.29) is 37.0 Å². The van der Waals surface area contributed by atoms with Gasteiger partial charge in [0.25, 0.3) is 0 Å². The Morgan fingerprint density at radius 2 is 0.800 bits per heavy atom. The highest BCUT2D eigenvalue weighted by Gasteiger charge is 2.00. The van der Waals surface area contributed by atoms with Crippen molar-refractivity contribution in [3.05, 3.63) is 0 Å². The van der Waals surface area contributed by atoms with Gasteiger partial charge >= 0.3 is 7.82 Å². The largest absolute Gasteiger partial charge is 0.466 e. The van der Waals surface area contributed by atoms with Crippen molar-refractivity contribution >= 4 is 20.2 Å². The van der Waals surface area contributed by atoms with E-state index >= 15 is 0 Å². The minimum atomic E-state index is -4.64. The van der Waals surface area contributed by atoms with E-state index < -0.39 is 7.82 Å². The second-order valence-electron chi connectivity index (χ2n) is 0.513. The summed E-state index contributed by atoms with van der Waals surface area (Å²) < 4.78 is 8.88. The van der Waals surface area contributed by atoms with Crippen molar-refractivity contribution in [2.24, 2.45) is 0 Å². The fourth-order valence-electron chi connectivity index (χ4n) is 0. The molecule has 0 bridgehead atoms. The number of hydrogen-bond donors (Lipinski definition) is 7. The van der Waals surface area contributed by atoms with E-state index in [0.717, 1.165) is 0 Å². The third-order valence-electron chi connectivity index (χ3n) is 0. The van der Waals surface area contributed by atoms with Crippen molar-refractivity contribution < 1.29 is 19.2 Å². The molecule has 0 spiro atoms. The zero-order valence-corrected chi connectivity index (χ0v) is 7.14. The molecular weight excluding hydrogens is 186 g/mol. The van der Waals surface area contributed by atoms with E-state index in [1.165, 1.54) is 0 Å². The molecule has 10 heavy (non-hydrogen) atoms. The van der Waals surface area contributed by atoms with Crippen LogP contribution in [0.4, 0.5) is 0 Å². The molecule has 0 amide bonds. The van der Waals surface area contributed by atoms with Crippen molar-refractivity contribution in [2.45, 2.75) is 0 Å². The molecule has 0 aromatic carbocycles. The average Bonchev–Trinajstić information content (AvgIpc) is 0.722. The first-order chi connectivity index (χ1) is 2.00. The zero-order chi connectivity index (χ0) is 4.50. The molecule has 0 atom stereocenters. The number of halogens is 1. The van der Waals surface area contributed by atoms with Gasteiger partial charge in [-0.15, -0.1) is 12.4 Å². The summed E-state index contributed by atoms with van der Waals surface area (Å²) in [6.45, 7) is 0. The van der Waals surface area contributed by atoms with E-state index in [0.29, 0.717) is 0 Å². The maximum Gasteiger partial charge on any atom is 0.466 e. The van der Waals surface area contributed by atoms with Gasteiger partial charge in [0, 0.05) is 0 Å². The van der Waals surface area contributed by atoms with Crippen molar-refractivity contribution in [3.8, 4) is 0 Å². The van der Waals surface area contributed by atoms with Crippen molar-refractivity contribution in [3.63, 3.8) is 0 Å². The third kappa shape index (κ3) is 7500. The molecule has 15 N–H and O–H groups in total. The molecule has 0 fully saturated rings. The molecule has 10 heteroatoms. The molecule has 0 aliphatic rings. The van der Waals surface area contributed by atoms with E-state index in [9.17, 15) is 0 Å². The van der Waals surface area contributed by atoms with E-state index in [2.05, 4.69) is 0 Å². The summed E-state index contributed by atoms with van der Waals surface area (Å²) in [5.41, 5.74) is 0. The summed E-state index contributed by atoms with van der Waals surface area (Å²) in [5, 5.41) is 0. The Labute approximate surface area is 65.0 Å². The van der Waals surface area contributed by atoms with Crippen molar-refractivity contribution in [1.82, 2.24) is 24.6 Å². The molecule has 0 saturated heterocycles. The average molecular weight is 203 g/mol. The lowest BCUT2D eigenvalue weighted by Gasteiger charge is -1.82. The molecular formula is H16ClN4O4P. The van der Waals surface area contributed by atoms with Crippen molar-refractivity contribution in [2.75, 3.05) is 0 Å². The number of rotatable bonds is 0. The van der Waals surface area contributed by atoms with Gasteiger partial charge in [-0.2, -0.15) is 0 Å². The summed E-state index contributed by atoms with van der Waals surface area (Å²) in [7, 11) is -4.64. The molecule has 0 unspecified atom stereocenters. The first kappa shape index (κ1) is 48.6. The van der Waals surface area contributed by atoms with Crippen LogP contribution >= 0.6 is 20.2 Å². The maximum absolute atomic E-state index is 8.88. The summed E-state index contributed by atoms with van der Waals surface area (Å²) in [4.78, 5) is 21.6.